The molecule has 0 fully saturated rings. The Labute approximate surface area is 217 Å². The first kappa shape index (κ1) is 24.5. The Morgan fingerprint density at radius 2 is 2.03 bits per heavy atom. The van der Waals surface area contributed by atoms with Gasteiger partial charge in [0.2, 0.25) is 11.9 Å². The van der Waals surface area contributed by atoms with E-state index in [1.165, 1.54) is 11.3 Å². The number of fused-ring (bicyclic) bond motifs is 2. The molecule has 0 aliphatic carbocycles. The van der Waals surface area contributed by atoms with Crippen LogP contribution in [0.4, 0.5) is 28.8 Å². The van der Waals surface area contributed by atoms with Gasteiger partial charge in [-0.1, -0.05) is 0 Å². The van der Waals surface area contributed by atoms with Crippen LogP contribution in [0.25, 0.3) is 11.0 Å². The molecule has 1 atom stereocenters. The van der Waals surface area contributed by atoms with E-state index in [4.69, 9.17) is 10.5 Å². The SMILES string of the molecule is COc1cc2c(cc1Nc1nc(Nc3ccsc3C(N)=O)c3cc[nH]c3n1)N(C(=O)C(C)N(C)C)CC2. The summed E-state index contributed by atoms with van der Waals surface area (Å²) < 4.78 is 5.65. The number of benzene rings is 1. The standard InChI is InChI=1S/C25H28N8O3S/c1-13(32(2)3)24(35)33-9-6-14-11-19(36-4)17(12-18(14)33)29-25-30-22-15(5-8-27-22)23(31-25)28-16-7-10-37-20(16)21(26)34/h5,7-8,10-13H,6,9H2,1-4H3,(H2,26,34)(H3,27,28,29,30,31). The molecule has 4 heterocycles. The van der Waals surface area contributed by atoms with E-state index in [0.717, 1.165) is 23.1 Å². The Bertz CT molecular complexity index is 1490. The van der Waals surface area contributed by atoms with Gasteiger partial charge in [0.1, 0.15) is 22.1 Å². The quantitative estimate of drug-likeness (QED) is 0.277. The lowest BCUT2D eigenvalue weighted by molar-refractivity contribution is -0.122. The Balaban J connectivity index is 1.51. The van der Waals surface area contributed by atoms with Crippen molar-refractivity contribution >= 4 is 63.0 Å². The number of ether oxygens (including phenoxy) is 1. The van der Waals surface area contributed by atoms with Crippen LogP contribution >= 0.6 is 11.3 Å². The van der Waals surface area contributed by atoms with E-state index in [2.05, 4.69) is 25.6 Å². The number of H-pyrrole nitrogens is 1. The van der Waals surface area contributed by atoms with Crippen LogP contribution in [-0.4, -0.2) is 65.5 Å². The summed E-state index contributed by atoms with van der Waals surface area (Å²) in [4.78, 5) is 41.4. The zero-order valence-electron chi connectivity index (χ0n) is 21.0. The lowest BCUT2D eigenvalue weighted by atomic mass is 10.1. The largest absolute Gasteiger partial charge is 0.495 e. The predicted octanol–water partition coefficient (Wildman–Crippen LogP) is 3.45. The minimum absolute atomic E-state index is 0.0384. The van der Waals surface area contributed by atoms with Crippen LogP contribution in [0.15, 0.2) is 35.8 Å². The van der Waals surface area contributed by atoms with E-state index in [-0.39, 0.29) is 11.9 Å². The maximum Gasteiger partial charge on any atom is 0.260 e. The fourth-order valence-electron chi connectivity index (χ4n) is 4.30. The molecule has 5 rings (SSSR count). The maximum absolute atomic E-state index is 13.1. The first-order valence-electron chi connectivity index (χ1n) is 11.7. The molecule has 11 nitrogen and oxygen atoms in total. The van der Waals surface area contributed by atoms with E-state index in [1.807, 2.05) is 49.0 Å². The second-order valence-corrected chi connectivity index (χ2v) is 9.89. The highest BCUT2D eigenvalue weighted by Crippen LogP contribution is 2.39. The predicted molar refractivity (Wildman–Crippen MR) is 145 cm³/mol. The first-order valence-corrected chi connectivity index (χ1v) is 12.6. The summed E-state index contributed by atoms with van der Waals surface area (Å²) in [6.07, 6.45) is 2.52. The molecule has 0 saturated heterocycles. The van der Waals surface area contributed by atoms with Crippen LogP contribution in [0.2, 0.25) is 0 Å². The van der Waals surface area contributed by atoms with Crippen LogP contribution in [-0.2, 0) is 11.2 Å². The Morgan fingerprint density at radius 1 is 1.22 bits per heavy atom. The molecule has 2 amide bonds. The fraction of sp³-hybridized carbons (Fsp3) is 0.280. The highest BCUT2D eigenvalue weighted by molar-refractivity contribution is 7.12. The van der Waals surface area contributed by atoms with Gasteiger partial charge in [-0.15, -0.1) is 11.3 Å². The number of hydrogen-bond acceptors (Lipinski definition) is 9. The molecule has 1 aliphatic rings. The van der Waals surface area contributed by atoms with Crippen molar-refractivity contribution in [3.63, 3.8) is 0 Å². The molecule has 1 aromatic carbocycles. The minimum atomic E-state index is -0.513. The second kappa shape index (κ2) is 9.71. The Morgan fingerprint density at radius 3 is 2.76 bits per heavy atom. The van der Waals surface area contributed by atoms with Crippen molar-refractivity contribution in [3.8, 4) is 5.75 Å². The fourth-order valence-corrected chi connectivity index (χ4v) is 5.00. The monoisotopic (exact) mass is 520 g/mol. The number of carbonyl (C=O) groups is 2. The highest BCUT2D eigenvalue weighted by atomic mass is 32.1. The van der Waals surface area contributed by atoms with Crippen molar-refractivity contribution in [2.45, 2.75) is 19.4 Å². The number of carbonyl (C=O) groups excluding carboxylic acids is 2. The molecule has 4 aromatic rings. The molecule has 37 heavy (non-hydrogen) atoms. The number of primary amides is 1. The topological polar surface area (TPSA) is 142 Å². The van der Waals surface area contributed by atoms with Gasteiger partial charge in [-0.3, -0.25) is 14.5 Å². The van der Waals surface area contributed by atoms with Crippen molar-refractivity contribution in [2.75, 3.05) is 43.3 Å². The number of nitrogens with zero attached hydrogens (tertiary/aromatic N) is 4. The number of thiophene rings is 1. The van der Waals surface area contributed by atoms with Crippen LogP contribution < -0.4 is 26.0 Å². The summed E-state index contributed by atoms with van der Waals surface area (Å²) in [5.74, 6) is 0.958. The van der Waals surface area contributed by atoms with Crippen LogP contribution in [0.1, 0.15) is 22.2 Å². The number of likely N-dealkylation sites (N-methyl/N-ethyl adjacent to an activating group) is 1. The van der Waals surface area contributed by atoms with Crippen LogP contribution in [0.3, 0.4) is 0 Å². The van der Waals surface area contributed by atoms with E-state index < -0.39 is 5.91 Å². The number of nitrogens with two attached hydrogens (primary N) is 1. The smallest absolute Gasteiger partial charge is 0.260 e. The zero-order chi connectivity index (χ0) is 26.3. The van der Waals surface area contributed by atoms with E-state index in [9.17, 15) is 9.59 Å². The van der Waals surface area contributed by atoms with Crippen molar-refractivity contribution in [2.24, 2.45) is 5.73 Å². The average Bonchev–Trinajstić information content (AvgIpc) is 3.62. The third-order valence-electron chi connectivity index (χ3n) is 6.50. The van der Waals surface area contributed by atoms with Gasteiger partial charge in [-0.05, 0) is 62.6 Å². The molecule has 0 radical (unpaired) electrons. The van der Waals surface area contributed by atoms with Gasteiger partial charge in [0.15, 0.2) is 0 Å². The lowest BCUT2D eigenvalue weighted by Crippen LogP contribution is -2.43. The molecule has 0 saturated carbocycles. The van der Waals surface area contributed by atoms with Crippen LogP contribution in [0.5, 0.6) is 5.75 Å². The van der Waals surface area contributed by atoms with Gasteiger partial charge in [-0.2, -0.15) is 9.97 Å². The molecule has 0 bridgehead atoms. The number of hydrogen-bond donors (Lipinski definition) is 4. The van der Waals surface area contributed by atoms with Gasteiger partial charge in [-0.25, -0.2) is 0 Å². The second-order valence-electron chi connectivity index (χ2n) is 8.97. The zero-order valence-corrected chi connectivity index (χ0v) is 21.8. The minimum Gasteiger partial charge on any atom is -0.495 e. The Kier molecular flexibility index (Phi) is 6.44. The van der Waals surface area contributed by atoms with Gasteiger partial charge in [0.25, 0.3) is 5.91 Å². The molecule has 1 unspecified atom stereocenters. The van der Waals surface area contributed by atoms with E-state index >= 15 is 0 Å². The number of amides is 2. The summed E-state index contributed by atoms with van der Waals surface area (Å²) in [6.45, 7) is 2.51. The number of nitrogens with one attached hydrogen (secondary N) is 3. The molecule has 192 valence electrons. The number of methoxy groups -OCH3 is 1. The maximum atomic E-state index is 13.1. The number of aromatic amines is 1. The lowest BCUT2D eigenvalue weighted by Gasteiger charge is -2.26. The van der Waals surface area contributed by atoms with E-state index in [0.29, 0.717) is 46.0 Å². The molecule has 1 aliphatic heterocycles. The number of aromatic nitrogens is 3. The number of anilines is 5. The highest BCUT2D eigenvalue weighted by Gasteiger charge is 2.30. The summed E-state index contributed by atoms with van der Waals surface area (Å²) in [5, 5.41) is 9.01. The molecular formula is C25H28N8O3S. The summed E-state index contributed by atoms with van der Waals surface area (Å²) in [6, 6.07) is 7.23. The van der Waals surface area contributed by atoms with Gasteiger partial charge >= 0.3 is 0 Å². The first-order chi connectivity index (χ1) is 17.8. The number of rotatable bonds is 8. The van der Waals surface area contributed by atoms with Gasteiger partial charge in [0.05, 0.1) is 29.9 Å². The van der Waals surface area contributed by atoms with Crippen molar-refractivity contribution in [3.05, 3.63) is 46.3 Å². The summed E-state index contributed by atoms with van der Waals surface area (Å²) in [5.41, 5.74) is 9.20. The van der Waals surface area contributed by atoms with Crippen LogP contribution in [0, 0.1) is 0 Å². The van der Waals surface area contributed by atoms with Crippen molar-refractivity contribution in [1.82, 2.24) is 19.9 Å². The van der Waals surface area contributed by atoms with Gasteiger partial charge < -0.3 is 31.0 Å². The molecule has 0 spiro atoms. The third-order valence-corrected chi connectivity index (χ3v) is 7.43. The summed E-state index contributed by atoms with van der Waals surface area (Å²) >= 11 is 1.26. The normalized spacial score (nSPS) is 13.6. The molecular weight excluding hydrogens is 492 g/mol. The van der Waals surface area contributed by atoms with Crippen molar-refractivity contribution in [1.29, 1.82) is 0 Å². The van der Waals surface area contributed by atoms with E-state index in [1.54, 1.807) is 24.8 Å². The third kappa shape index (κ3) is 4.56. The molecule has 3 aromatic heterocycles. The summed E-state index contributed by atoms with van der Waals surface area (Å²) in [7, 11) is 5.38. The average molecular weight is 521 g/mol. The van der Waals surface area contributed by atoms with Gasteiger partial charge in [0, 0.05) is 18.4 Å². The molecule has 12 heteroatoms. The molecule has 5 N–H and O–H groups in total. The van der Waals surface area contributed by atoms with Crippen molar-refractivity contribution < 1.29 is 14.3 Å². The Hall–Kier alpha value is -4.16.